The minimum absolute atomic E-state index is 0.317. The Morgan fingerprint density at radius 2 is 1.74 bits per heavy atom. The molecule has 2 fully saturated rings. The molecule has 0 spiro atoms. The standard InChI is InChI=1S/C22H37N5O4/c1-21(2,3)30-20(29)24-22(4,5)19-23-17(31-25-19)15-26-12-8-16(9-13-26)14-18(28)27-10-6-7-11-27/h16H,6-15H2,1-5H3,(H,24,29). The van der Waals surface area contributed by atoms with Crippen molar-refractivity contribution in [2.75, 3.05) is 26.2 Å². The predicted octanol–water partition coefficient (Wildman–Crippen LogP) is 3.05. The average molecular weight is 436 g/mol. The number of hydrogen-bond acceptors (Lipinski definition) is 7. The van der Waals surface area contributed by atoms with Crippen molar-refractivity contribution in [2.24, 2.45) is 5.92 Å². The first-order valence-electron chi connectivity index (χ1n) is 11.4. The number of carbonyl (C=O) groups excluding carboxylic acids is 2. The molecule has 2 aliphatic heterocycles. The molecule has 1 aromatic rings. The summed E-state index contributed by atoms with van der Waals surface area (Å²) in [5.41, 5.74) is -1.39. The second-order valence-corrected chi connectivity index (χ2v) is 10.3. The van der Waals surface area contributed by atoms with Crippen LogP contribution in [0.15, 0.2) is 4.52 Å². The largest absolute Gasteiger partial charge is 0.444 e. The highest BCUT2D eigenvalue weighted by atomic mass is 16.6. The van der Waals surface area contributed by atoms with Crippen LogP contribution in [-0.2, 0) is 21.6 Å². The highest BCUT2D eigenvalue weighted by Gasteiger charge is 2.32. The maximum atomic E-state index is 12.4. The predicted molar refractivity (Wildman–Crippen MR) is 115 cm³/mol. The minimum atomic E-state index is -0.812. The van der Waals surface area contributed by atoms with Gasteiger partial charge in [-0.05, 0) is 79.3 Å². The van der Waals surface area contributed by atoms with Gasteiger partial charge in [0, 0.05) is 19.5 Å². The maximum absolute atomic E-state index is 12.4. The summed E-state index contributed by atoms with van der Waals surface area (Å²) in [5.74, 6) is 1.72. The van der Waals surface area contributed by atoms with Crippen LogP contribution in [0.1, 0.15) is 78.4 Å². The van der Waals surface area contributed by atoms with Gasteiger partial charge in [0.25, 0.3) is 0 Å². The third-order valence-electron chi connectivity index (χ3n) is 5.83. The number of ether oxygens (including phenoxy) is 1. The number of aromatic nitrogens is 2. The first kappa shape index (κ1) is 23.5. The van der Waals surface area contributed by atoms with Gasteiger partial charge in [0.15, 0.2) is 5.82 Å². The third-order valence-corrected chi connectivity index (χ3v) is 5.83. The van der Waals surface area contributed by atoms with E-state index in [-0.39, 0.29) is 0 Å². The molecule has 2 aliphatic rings. The Morgan fingerprint density at radius 3 is 2.35 bits per heavy atom. The lowest BCUT2D eigenvalue weighted by Gasteiger charge is -2.31. The Labute approximate surface area is 184 Å². The van der Waals surface area contributed by atoms with E-state index >= 15 is 0 Å². The number of hydrogen-bond donors (Lipinski definition) is 1. The van der Waals surface area contributed by atoms with Crippen LogP contribution in [0.3, 0.4) is 0 Å². The van der Waals surface area contributed by atoms with Crippen molar-refractivity contribution in [1.82, 2.24) is 25.3 Å². The van der Waals surface area contributed by atoms with Crippen molar-refractivity contribution >= 4 is 12.0 Å². The Bertz CT molecular complexity index is 756. The number of rotatable bonds is 6. The summed E-state index contributed by atoms with van der Waals surface area (Å²) in [6.45, 7) is 13.3. The van der Waals surface area contributed by atoms with Gasteiger partial charge in [-0.2, -0.15) is 4.98 Å². The van der Waals surface area contributed by atoms with Crippen molar-refractivity contribution in [3.63, 3.8) is 0 Å². The highest BCUT2D eigenvalue weighted by molar-refractivity contribution is 5.76. The lowest BCUT2D eigenvalue weighted by molar-refractivity contribution is -0.131. The lowest BCUT2D eigenvalue weighted by atomic mass is 9.93. The number of piperidine rings is 1. The van der Waals surface area contributed by atoms with Crippen LogP contribution >= 0.6 is 0 Å². The quantitative estimate of drug-likeness (QED) is 0.733. The van der Waals surface area contributed by atoms with Gasteiger partial charge in [0.2, 0.25) is 11.8 Å². The summed E-state index contributed by atoms with van der Waals surface area (Å²) in [4.78, 5) is 33.3. The highest BCUT2D eigenvalue weighted by Crippen LogP contribution is 2.24. The number of likely N-dealkylation sites (tertiary alicyclic amines) is 2. The van der Waals surface area contributed by atoms with Crippen LogP contribution < -0.4 is 5.32 Å². The Hall–Kier alpha value is -2.16. The zero-order chi connectivity index (χ0) is 22.6. The first-order chi connectivity index (χ1) is 14.5. The Balaban J connectivity index is 1.45. The normalized spacial score (nSPS) is 18.9. The summed E-state index contributed by atoms with van der Waals surface area (Å²) in [6, 6.07) is 0. The molecule has 31 heavy (non-hydrogen) atoms. The molecule has 3 rings (SSSR count). The van der Waals surface area contributed by atoms with E-state index in [9.17, 15) is 9.59 Å². The summed E-state index contributed by atoms with van der Waals surface area (Å²) in [5, 5.41) is 6.87. The van der Waals surface area contributed by atoms with Crippen molar-refractivity contribution in [3.05, 3.63) is 11.7 Å². The molecule has 1 aromatic heterocycles. The number of alkyl carbamates (subject to hydrolysis) is 1. The van der Waals surface area contributed by atoms with Gasteiger partial charge in [-0.1, -0.05) is 5.16 Å². The zero-order valence-electron chi connectivity index (χ0n) is 19.6. The van der Waals surface area contributed by atoms with E-state index in [0.29, 0.717) is 36.5 Å². The first-order valence-corrected chi connectivity index (χ1v) is 11.4. The van der Waals surface area contributed by atoms with Gasteiger partial charge < -0.3 is 19.5 Å². The smallest absolute Gasteiger partial charge is 0.408 e. The monoisotopic (exact) mass is 435 g/mol. The van der Waals surface area contributed by atoms with Crippen molar-refractivity contribution < 1.29 is 18.8 Å². The molecule has 0 aliphatic carbocycles. The fourth-order valence-electron chi connectivity index (χ4n) is 4.07. The van der Waals surface area contributed by atoms with Crippen LogP contribution in [-0.4, -0.2) is 63.7 Å². The van der Waals surface area contributed by atoms with Crippen LogP contribution in [0.2, 0.25) is 0 Å². The summed E-state index contributed by atoms with van der Waals surface area (Å²) in [7, 11) is 0. The molecule has 9 heteroatoms. The van der Waals surface area contributed by atoms with E-state index in [2.05, 4.69) is 20.4 Å². The SMILES string of the molecule is CC(C)(C)OC(=O)NC(C)(C)c1noc(CN2CCC(CC(=O)N3CCCC3)CC2)n1. The molecule has 0 unspecified atom stereocenters. The molecular weight excluding hydrogens is 398 g/mol. The van der Waals surface area contributed by atoms with E-state index in [1.807, 2.05) is 39.5 Å². The van der Waals surface area contributed by atoms with Gasteiger partial charge in [0.05, 0.1) is 6.54 Å². The van der Waals surface area contributed by atoms with Gasteiger partial charge in [-0.15, -0.1) is 0 Å². The minimum Gasteiger partial charge on any atom is -0.444 e. The topological polar surface area (TPSA) is 101 Å². The molecule has 0 bridgehead atoms. The molecular formula is C22H37N5O4. The Kier molecular flexibility index (Phi) is 7.24. The molecule has 0 aromatic carbocycles. The summed E-state index contributed by atoms with van der Waals surface area (Å²) < 4.78 is 10.8. The van der Waals surface area contributed by atoms with E-state index in [1.165, 1.54) is 0 Å². The fourth-order valence-corrected chi connectivity index (χ4v) is 4.07. The molecule has 2 saturated heterocycles. The molecule has 9 nitrogen and oxygen atoms in total. The van der Waals surface area contributed by atoms with E-state index in [1.54, 1.807) is 0 Å². The van der Waals surface area contributed by atoms with Crippen molar-refractivity contribution in [3.8, 4) is 0 Å². The van der Waals surface area contributed by atoms with Crippen LogP contribution in [0.25, 0.3) is 0 Å². The van der Waals surface area contributed by atoms with Crippen LogP contribution in [0, 0.1) is 5.92 Å². The molecule has 0 saturated carbocycles. The van der Waals surface area contributed by atoms with E-state index in [0.717, 1.165) is 51.9 Å². The van der Waals surface area contributed by atoms with E-state index < -0.39 is 17.2 Å². The summed E-state index contributed by atoms with van der Waals surface area (Å²) >= 11 is 0. The summed E-state index contributed by atoms with van der Waals surface area (Å²) in [6.07, 6.45) is 4.44. The van der Waals surface area contributed by atoms with Gasteiger partial charge in [-0.25, -0.2) is 4.79 Å². The number of amides is 2. The maximum Gasteiger partial charge on any atom is 0.408 e. The molecule has 2 amide bonds. The average Bonchev–Trinajstić information content (AvgIpc) is 3.33. The van der Waals surface area contributed by atoms with Crippen LogP contribution in [0.5, 0.6) is 0 Å². The number of carbonyl (C=O) groups is 2. The second kappa shape index (κ2) is 9.54. The second-order valence-electron chi connectivity index (χ2n) is 10.3. The van der Waals surface area contributed by atoms with Gasteiger partial charge in [-0.3, -0.25) is 9.69 Å². The molecule has 0 radical (unpaired) electrons. The van der Waals surface area contributed by atoms with Crippen LogP contribution in [0.4, 0.5) is 4.79 Å². The van der Waals surface area contributed by atoms with Gasteiger partial charge >= 0.3 is 6.09 Å². The molecule has 174 valence electrons. The van der Waals surface area contributed by atoms with Gasteiger partial charge in [0.1, 0.15) is 11.1 Å². The molecule has 0 atom stereocenters. The lowest BCUT2D eigenvalue weighted by Crippen LogP contribution is -2.44. The fraction of sp³-hybridized carbons (Fsp3) is 0.818. The number of nitrogens with zero attached hydrogens (tertiary/aromatic N) is 4. The van der Waals surface area contributed by atoms with Crippen molar-refractivity contribution in [1.29, 1.82) is 0 Å². The number of nitrogens with one attached hydrogen (secondary N) is 1. The third kappa shape index (κ3) is 6.92. The molecule has 3 heterocycles. The zero-order valence-corrected chi connectivity index (χ0v) is 19.6. The Morgan fingerprint density at radius 1 is 1.10 bits per heavy atom. The molecule has 1 N–H and O–H groups in total. The van der Waals surface area contributed by atoms with Crippen molar-refractivity contribution in [2.45, 2.75) is 84.4 Å². The van der Waals surface area contributed by atoms with E-state index in [4.69, 9.17) is 9.26 Å².